The zero-order valence-electron chi connectivity index (χ0n) is 9.97. The Bertz CT molecular complexity index is 438. The summed E-state index contributed by atoms with van der Waals surface area (Å²) in [6.45, 7) is 2.17. The van der Waals surface area contributed by atoms with Gasteiger partial charge in [0.05, 0.1) is 5.92 Å². The average Bonchev–Trinajstić information content (AvgIpc) is 2.32. The number of carbonyl (C=O) groups excluding carboxylic acids is 1. The molecule has 0 aromatic heterocycles. The minimum Gasteiger partial charge on any atom is -0.356 e. The second-order valence-electron chi connectivity index (χ2n) is 3.89. The topological polar surface area (TPSA) is 55.1 Å². The maximum Gasteiger partial charge on any atom is 0.224 e. The molecule has 0 aliphatic carbocycles. The number of rotatable bonds is 5. The van der Waals surface area contributed by atoms with Gasteiger partial charge in [0, 0.05) is 19.2 Å². The fourth-order valence-corrected chi connectivity index (χ4v) is 1.59. The third-order valence-corrected chi connectivity index (χ3v) is 2.56. The number of carbonyl (C=O) groups is 1. The number of hydrogen-bond acceptors (Lipinski definition) is 2. The van der Waals surface area contributed by atoms with Gasteiger partial charge in [0.15, 0.2) is 11.6 Å². The largest absolute Gasteiger partial charge is 0.356 e. The van der Waals surface area contributed by atoms with E-state index in [0.29, 0.717) is 12.6 Å². The molecular formula is C12H15F3N2O. The Morgan fingerprint density at radius 3 is 2.44 bits per heavy atom. The fraction of sp³-hybridized carbons (Fsp3) is 0.417. The van der Waals surface area contributed by atoms with Crippen LogP contribution in [0.4, 0.5) is 13.2 Å². The van der Waals surface area contributed by atoms with E-state index < -0.39 is 23.4 Å². The van der Waals surface area contributed by atoms with Crippen molar-refractivity contribution in [3.8, 4) is 0 Å². The smallest absolute Gasteiger partial charge is 0.224 e. The molecule has 0 aliphatic heterocycles. The number of benzene rings is 1. The summed E-state index contributed by atoms with van der Waals surface area (Å²) >= 11 is 0. The normalized spacial score (nSPS) is 12.3. The summed E-state index contributed by atoms with van der Waals surface area (Å²) in [6, 6.07) is 1.22. The van der Waals surface area contributed by atoms with Crippen molar-refractivity contribution in [2.24, 2.45) is 11.7 Å². The van der Waals surface area contributed by atoms with E-state index in [1.807, 2.05) is 0 Å². The quantitative estimate of drug-likeness (QED) is 0.785. The molecule has 1 rings (SSSR count). The summed E-state index contributed by atoms with van der Waals surface area (Å²) in [6.07, 6.45) is -0.0641. The van der Waals surface area contributed by atoms with Crippen LogP contribution < -0.4 is 11.1 Å². The predicted octanol–water partition coefficient (Wildman–Crippen LogP) is 1.36. The predicted molar refractivity (Wildman–Crippen MR) is 61.2 cm³/mol. The zero-order valence-corrected chi connectivity index (χ0v) is 9.97. The van der Waals surface area contributed by atoms with Crippen LogP contribution in [0, 0.1) is 23.4 Å². The van der Waals surface area contributed by atoms with Crippen molar-refractivity contribution in [2.45, 2.75) is 13.3 Å². The highest BCUT2D eigenvalue weighted by Crippen LogP contribution is 2.17. The molecule has 0 heterocycles. The number of nitrogens with two attached hydrogens (primary N) is 1. The first-order chi connectivity index (χ1) is 8.49. The van der Waals surface area contributed by atoms with E-state index in [-0.39, 0.29) is 24.4 Å². The first-order valence-electron chi connectivity index (χ1n) is 5.60. The maximum absolute atomic E-state index is 13.4. The van der Waals surface area contributed by atoms with Gasteiger partial charge in [-0.1, -0.05) is 0 Å². The molecule has 1 aromatic carbocycles. The molecule has 3 N–H and O–H groups in total. The summed E-state index contributed by atoms with van der Waals surface area (Å²) in [7, 11) is 0. The van der Waals surface area contributed by atoms with Gasteiger partial charge >= 0.3 is 0 Å². The van der Waals surface area contributed by atoms with Gasteiger partial charge in [0.2, 0.25) is 5.91 Å². The van der Waals surface area contributed by atoms with E-state index in [2.05, 4.69) is 5.32 Å². The van der Waals surface area contributed by atoms with Crippen LogP contribution in [0.2, 0.25) is 0 Å². The van der Waals surface area contributed by atoms with Crippen LogP contribution >= 0.6 is 0 Å². The van der Waals surface area contributed by atoms with Crippen LogP contribution in [0.1, 0.15) is 12.5 Å². The highest BCUT2D eigenvalue weighted by molar-refractivity contribution is 5.79. The second-order valence-corrected chi connectivity index (χ2v) is 3.89. The Labute approximate surface area is 103 Å². The molecule has 100 valence electrons. The second kappa shape index (κ2) is 6.39. The van der Waals surface area contributed by atoms with Crippen LogP contribution in [0.3, 0.4) is 0 Å². The fourth-order valence-electron chi connectivity index (χ4n) is 1.59. The van der Waals surface area contributed by atoms with Crippen LogP contribution in [-0.4, -0.2) is 19.0 Å². The Balaban J connectivity index is 2.88. The maximum atomic E-state index is 13.4. The van der Waals surface area contributed by atoms with Crippen LogP contribution in [0.25, 0.3) is 0 Å². The van der Waals surface area contributed by atoms with Crippen molar-refractivity contribution < 1.29 is 18.0 Å². The molecule has 0 bridgehead atoms. The minimum atomic E-state index is -1.25. The summed E-state index contributed by atoms with van der Waals surface area (Å²) in [4.78, 5) is 11.6. The van der Waals surface area contributed by atoms with Crippen LogP contribution in [-0.2, 0) is 11.2 Å². The number of halogens is 3. The van der Waals surface area contributed by atoms with Gasteiger partial charge in [-0.25, -0.2) is 13.2 Å². The van der Waals surface area contributed by atoms with Crippen molar-refractivity contribution in [1.82, 2.24) is 5.32 Å². The number of nitrogens with one attached hydrogen (secondary N) is 1. The van der Waals surface area contributed by atoms with E-state index in [1.165, 1.54) is 0 Å². The number of amides is 1. The summed E-state index contributed by atoms with van der Waals surface area (Å²) in [5, 5.41) is 2.55. The van der Waals surface area contributed by atoms with Crippen molar-refractivity contribution in [1.29, 1.82) is 0 Å². The number of hydrogen-bond donors (Lipinski definition) is 2. The molecule has 0 spiro atoms. The van der Waals surface area contributed by atoms with E-state index in [1.54, 1.807) is 6.92 Å². The summed E-state index contributed by atoms with van der Waals surface area (Å²) in [5.74, 6) is -4.26. The third-order valence-electron chi connectivity index (χ3n) is 2.56. The van der Waals surface area contributed by atoms with Crippen molar-refractivity contribution >= 4 is 5.91 Å². The molecule has 1 unspecified atom stereocenters. The lowest BCUT2D eigenvalue weighted by atomic mass is 9.98. The van der Waals surface area contributed by atoms with Crippen molar-refractivity contribution in [3.05, 3.63) is 35.1 Å². The summed E-state index contributed by atoms with van der Waals surface area (Å²) < 4.78 is 39.1. The highest BCUT2D eigenvalue weighted by Gasteiger charge is 2.19. The van der Waals surface area contributed by atoms with Gasteiger partial charge in [0.25, 0.3) is 0 Å². The first kappa shape index (κ1) is 14.5. The molecule has 1 amide bonds. The molecule has 1 atom stereocenters. The molecule has 0 aliphatic rings. The van der Waals surface area contributed by atoms with E-state index >= 15 is 0 Å². The van der Waals surface area contributed by atoms with Crippen molar-refractivity contribution in [3.63, 3.8) is 0 Å². The summed E-state index contributed by atoms with van der Waals surface area (Å²) in [5.41, 5.74) is 5.36. The highest BCUT2D eigenvalue weighted by atomic mass is 19.2. The standard InChI is InChI=1S/C12H15F3N2O/c1-2-17-12(18)8(6-16)3-7-4-10(14)11(15)5-9(7)13/h4-5,8H,2-3,6,16H2,1H3,(H,17,18). The average molecular weight is 260 g/mol. The molecular weight excluding hydrogens is 245 g/mol. The van der Waals surface area contributed by atoms with E-state index in [0.717, 1.165) is 6.07 Å². The minimum absolute atomic E-state index is 0.00423. The van der Waals surface area contributed by atoms with Gasteiger partial charge < -0.3 is 11.1 Å². The molecule has 6 heteroatoms. The monoisotopic (exact) mass is 260 g/mol. The molecule has 0 radical (unpaired) electrons. The van der Waals surface area contributed by atoms with Crippen LogP contribution in [0.5, 0.6) is 0 Å². The first-order valence-corrected chi connectivity index (χ1v) is 5.60. The van der Waals surface area contributed by atoms with Gasteiger partial charge in [-0.2, -0.15) is 0 Å². The Morgan fingerprint density at radius 2 is 1.89 bits per heavy atom. The Hall–Kier alpha value is -1.56. The molecule has 0 saturated heterocycles. The molecule has 18 heavy (non-hydrogen) atoms. The molecule has 1 aromatic rings. The van der Waals surface area contributed by atoms with Crippen molar-refractivity contribution in [2.75, 3.05) is 13.1 Å². The van der Waals surface area contributed by atoms with Gasteiger partial charge in [-0.3, -0.25) is 4.79 Å². The van der Waals surface area contributed by atoms with E-state index in [4.69, 9.17) is 5.73 Å². The lowest BCUT2D eigenvalue weighted by Crippen LogP contribution is -2.36. The van der Waals surface area contributed by atoms with Crippen LogP contribution in [0.15, 0.2) is 12.1 Å². The van der Waals surface area contributed by atoms with E-state index in [9.17, 15) is 18.0 Å². The van der Waals surface area contributed by atoms with Gasteiger partial charge in [-0.15, -0.1) is 0 Å². The molecule has 3 nitrogen and oxygen atoms in total. The Morgan fingerprint density at radius 1 is 1.28 bits per heavy atom. The van der Waals surface area contributed by atoms with Gasteiger partial charge in [-0.05, 0) is 25.0 Å². The molecule has 0 saturated carbocycles. The zero-order chi connectivity index (χ0) is 13.7. The lowest BCUT2D eigenvalue weighted by Gasteiger charge is -2.14. The third kappa shape index (κ3) is 3.46. The molecule has 0 fully saturated rings. The SMILES string of the molecule is CCNC(=O)C(CN)Cc1cc(F)c(F)cc1F. The lowest BCUT2D eigenvalue weighted by molar-refractivity contribution is -0.124. The van der Waals surface area contributed by atoms with Gasteiger partial charge in [0.1, 0.15) is 5.82 Å². The Kier molecular flexibility index (Phi) is 5.15.